The molecule has 0 fully saturated rings. The lowest BCUT2D eigenvalue weighted by atomic mass is 10.3. The van der Waals surface area contributed by atoms with E-state index in [4.69, 9.17) is 4.74 Å². The predicted octanol–water partition coefficient (Wildman–Crippen LogP) is 1.83. The number of anilines is 1. The van der Waals surface area contributed by atoms with Gasteiger partial charge in [0.1, 0.15) is 0 Å². The van der Waals surface area contributed by atoms with Crippen LogP contribution < -0.4 is 5.32 Å². The Morgan fingerprint density at radius 3 is 2.88 bits per heavy atom. The van der Waals surface area contributed by atoms with E-state index in [0.717, 1.165) is 5.69 Å². The van der Waals surface area contributed by atoms with Crippen molar-refractivity contribution in [2.75, 3.05) is 18.5 Å². The molecule has 88 valence electrons. The fourth-order valence-corrected chi connectivity index (χ4v) is 1.20. The SMILES string of the molecule is CCOCC(C)Nc1ccc([N+](=O)[O-])nc1. The van der Waals surface area contributed by atoms with Gasteiger partial charge in [-0.3, -0.25) is 0 Å². The highest BCUT2D eigenvalue weighted by atomic mass is 16.6. The zero-order valence-corrected chi connectivity index (χ0v) is 9.34. The van der Waals surface area contributed by atoms with Crippen LogP contribution in [0.2, 0.25) is 0 Å². The van der Waals surface area contributed by atoms with Gasteiger partial charge in [-0.1, -0.05) is 0 Å². The molecule has 0 aliphatic heterocycles. The van der Waals surface area contributed by atoms with Crippen molar-refractivity contribution in [2.45, 2.75) is 19.9 Å². The molecule has 1 N–H and O–H groups in total. The molecular formula is C10H15N3O3. The van der Waals surface area contributed by atoms with Crippen LogP contribution in [0.5, 0.6) is 0 Å². The Labute approximate surface area is 93.8 Å². The Kier molecular flexibility index (Phi) is 4.65. The highest BCUT2D eigenvalue weighted by molar-refractivity contribution is 5.44. The van der Waals surface area contributed by atoms with Gasteiger partial charge >= 0.3 is 5.82 Å². The highest BCUT2D eigenvalue weighted by Gasteiger charge is 2.07. The second-order valence-corrected chi connectivity index (χ2v) is 3.37. The summed E-state index contributed by atoms with van der Waals surface area (Å²) in [5.41, 5.74) is 0.748. The minimum absolute atomic E-state index is 0.142. The van der Waals surface area contributed by atoms with E-state index in [1.165, 1.54) is 12.3 Å². The van der Waals surface area contributed by atoms with E-state index in [0.29, 0.717) is 13.2 Å². The molecular weight excluding hydrogens is 210 g/mol. The number of ether oxygens (including phenoxy) is 1. The summed E-state index contributed by atoms with van der Waals surface area (Å²) in [6.07, 6.45) is 1.45. The molecule has 1 heterocycles. The first-order valence-corrected chi connectivity index (χ1v) is 5.08. The van der Waals surface area contributed by atoms with Gasteiger partial charge in [0.15, 0.2) is 6.20 Å². The van der Waals surface area contributed by atoms with E-state index in [-0.39, 0.29) is 11.9 Å². The largest absolute Gasteiger partial charge is 0.380 e. The van der Waals surface area contributed by atoms with Gasteiger partial charge < -0.3 is 20.2 Å². The van der Waals surface area contributed by atoms with Crippen LogP contribution in [0.15, 0.2) is 18.3 Å². The topological polar surface area (TPSA) is 77.3 Å². The Morgan fingerprint density at radius 1 is 1.62 bits per heavy atom. The molecule has 0 aliphatic rings. The summed E-state index contributed by atoms with van der Waals surface area (Å²) in [6, 6.07) is 3.15. The van der Waals surface area contributed by atoms with Crippen molar-refractivity contribution in [3.63, 3.8) is 0 Å². The van der Waals surface area contributed by atoms with Gasteiger partial charge in [0, 0.05) is 18.7 Å². The molecule has 1 aromatic heterocycles. The summed E-state index contributed by atoms with van der Waals surface area (Å²) in [6.45, 7) is 5.16. The molecule has 16 heavy (non-hydrogen) atoms. The molecule has 0 aliphatic carbocycles. The van der Waals surface area contributed by atoms with Gasteiger partial charge in [0.05, 0.1) is 12.3 Å². The lowest BCUT2D eigenvalue weighted by Gasteiger charge is -2.13. The second-order valence-electron chi connectivity index (χ2n) is 3.37. The van der Waals surface area contributed by atoms with E-state index in [1.807, 2.05) is 13.8 Å². The van der Waals surface area contributed by atoms with E-state index in [2.05, 4.69) is 10.3 Å². The maximum Gasteiger partial charge on any atom is 0.363 e. The number of aromatic nitrogens is 1. The first-order valence-electron chi connectivity index (χ1n) is 5.08. The van der Waals surface area contributed by atoms with Crippen molar-refractivity contribution in [1.82, 2.24) is 4.98 Å². The summed E-state index contributed by atoms with van der Waals surface area (Å²) in [4.78, 5) is 13.6. The Balaban J connectivity index is 2.51. The molecule has 0 spiro atoms. The summed E-state index contributed by atoms with van der Waals surface area (Å²) < 4.78 is 5.24. The molecule has 1 aromatic rings. The van der Waals surface area contributed by atoms with E-state index < -0.39 is 4.92 Å². The number of hydrogen-bond acceptors (Lipinski definition) is 5. The van der Waals surface area contributed by atoms with Crippen molar-refractivity contribution in [3.05, 3.63) is 28.4 Å². The second kappa shape index (κ2) is 6.02. The number of rotatable bonds is 6. The normalized spacial score (nSPS) is 12.1. The van der Waals surface area contributed by atoms with Gasteiger partial charge in [-0.2, -0.15) is 0 Å². The zero-order valence-electron chi connectivity index (χ0n) is 9.34. The van der Waals surface area contributed by atoms with Crippen LogP contribution in [0.3, 0.4) is 0 Å². The maximum absolute atomic E-state index is 10.4. The molecule has 0 saturated carbocycles. The molecule has 0 saturated heterocycles. The van der Waals surface area contributed by atoms with Crippen LogP contribution >= 0.6 is 0 Å². The van der Waals surface area contributed by atoms with E-state index in [1.54, 1.807) is 6.07 Å². The monoisotopic (exact) mass is 225 g/mol. The van der Waals surface area contributed by atoms with Gasteiger partial charge in [-0.25, -0.2) is 0 Å². The summed E-state index contributed by atoms with van der Waals surface area (Å²) in [5.74, 6) is -0.150. The zero-order chi connectivity index (χ0) is 12.0. The molecule has 1 atom stereocenters. The maximum atomic E-state index is 10.4. The minimum Gasteiger partial charge on any atom is -0.380 e. The quantitative estimate of drug-likeness (QED) is 0.590. The van der Waals surface area contributed by atoms with Gasteiger partial charge in [-0.05, 0) is 29.8 Å². The van der Waals surface area contributed by atoms with Gasteiger partial charge in [-0.15, -0.1) is 0 Å². The van der Waals surface area contributed by atoms with Crippen molar-refractivity contribution < 1.29 is 9.66 Å². The third-order valence-electron chi connectivity index (χ3n) is 1.92. The van der Waals surface area contributed by atoms with Crippen LogP contribution in [0.4, 0.5) is 11.5 Å². The molecule has 0 amide bonds. The lowest BCUT2D eigenvalue weighted by molar-refractivity contribution is -0.389. The van der Waals surface area contributed by atoms with Gasteiger partial charge in [0.2, 0.25) is 0 Å². The van der Waals surface area contributed by atoms with Crippen molar-refractivity contribution in [3.8, 4) is 0 Å². The van der Waals surface area contributed by atoms with Crippen LogP contribution in [0.25, 0.3) is 0 Å². The molecule has 6 heteroatoms. The molecule has 6 nitrogen and oxygen atoms in total. The molecule has 1 unspecified atom stereocenters. The van der Waals surface area contributed by atoms with Crippen LogP contribution in [0.1, 0.15) is 13.8 Å². The predicted molar refractivity (Wildman–Crippen MR) is 60.5 cm³/mol. The average molecular weight is 225 g/mol. The fraction of sp³-hybridized carbons (Fsp3) is 0.500. The summed E-state index contributed by atoms with van der Waals surface area (Å²) in [7, 11) is 0. The first-order chi connectivity index (χ1) is 7.63. The Hall–Kier alpha value is -1.69. The Bertz CT molecular complexity index is 340. The fourth-order valence-electron chi connectivity index (χ4n) is 1.20. The smallest absolute Gasteiger partial charge is 0.363 e. The summed E-state index contributed by atoms with van der Waals surface area (Å²) >= 11 is 0. The molecule has 0 bridgehead atoms. The number of nitrogens with one attached hydrogen (secondary N) is 1. The lowest BCUT2D eigenvalue weighted by Crippen LogP contribution is -2.21. The van der Waals surface area contributed by atoms with E-state index in [9.17, 15) is 10.1 Å². The number of nitrogens with zero attached hydrogens (tertiary/aromatic N) is 2. The summed E-state index contributed by atoms with van der Waals surface area (Å²) in [5, 5.41) is 13.5. The highest BCUT2D eigenvalue weighted by Crippen LogP contribution is 2.12. The number of nitro groups is 1. The van der Waals surface area contributed by atoms with E-state index >= 15 is 0 Å². The third-order valence-corrected chi connectivity index (χ3v) is 1.92. The van der Waals surface area contributed by atoms with Gasteiger partial charge in [0.25, 0.3) is 0 Å². The van der Waals surface area contributed by atoms with Crippen LogP contribution in [-0.4, -0.2) is 29.2 Å². The minimum atomic E-state index is -0.520. The standard InChI is InChI=1S/C10H15N3O3/c1-3-16-7-8(2)12-9-4-5-10(11-6-9)13(14)15/h4-6,8,12H,3,7H2,1-2H3. The number of pyridine rings is 1. The van der Waals surface area contributed by atoms with Crippen molar-refractivity contribution in [2.24, 2.45) is 0 Å². The molecule has 1 rings (SSSR count). The molecule has 0 aromatic carbocycles. The number of hydrogen-bond donors (Lipinski definition) is 1. The van der Waals surface area contributed by atoms with Crippen LogP contribution in [0, 0.1) is 10.1 Å². The Morgan fingerprint density at radius 2 is 2.38 bits per heavy atom. The van der Waals surface area contributed by atoms with Crippen molar-refractivity contribution >= 4 is 11.5 Å². The third kappa shape index (κ3) is 3.82. The van der Waals surface area contributed by atoms with Crippen LogP contribution in [-0.2, 0) is 4.74 Å². The van der Waals surface area contributed by atoms with Crippen molar-refractivity contribution in [1.29, 1.82) is 0 Å². The average Bonchev–Trinajstić information content (AvgIpc) is 2.27. The first kappa shape index (κ1) is 12.4. The molecule has 0 radical (unpaired) electrons.